The SMILES string of the molecule is C#CCCCC(O)C(c1ccccc1)c1ccc(C)cc1. The van der Waals surface area contributed by atoms with Crippen LogP contribution in [0.25, 0.3) is 0 Å². The van der Waals surface area contributed by atoms with Crippen LogP contribution in [-0.4, -0.2) is 11.2 Å². The number of terminal acetylenes is 1. The molecule has 0 fully saturated rings. The summed E-state index contributed by atoms with van der Waals surface area (Å²) in [6, 6.07) is 18.6. The van der Waals surface area contributed by atoms with E-state index in [2.05, 4.69) is 49.2 Å². The Kier molecular flexibility index (Phi) is 5.60. The van der Waals surface area contributed by atoms with Gasteiger partial charge in [0.15, 0.2) is 0 Å². The van der Waals surface area contributed by atoms with Crippen molar-refractivity contribution in [2.75, 3.05) is 0 Å². The van der Waals surface area contributed by atoms with Crippen molar-refractivity contribution in [2.24, 2.45) is 0 Å². The second-order valence-corrected chi connectivity index (χ2v) is 5.46. The van der Waals surface area contributed by atoms with Crippen molar-refractivity contribution in [3.63, 3.8) is 0 Å². The van der Waals surface area contributed by atoms with Crippen molar-refractivity contribution in [1.82, 2.24) is 0 Å². The van der Waals surface area contributed by atoms with Gasteiger partial charge < -0.3 is 5.11 Å². The van der Waals surface area contributed by atoms with Gasteiger partial charge in [-0.25, -0.2) is 0 Å². The normalized spacial score (nSPS) is 13.4. The molecule has 0 radical (unpaired) electrons. The maximum atomic E-state index is 10.6. The van der Waals surface area contributed by atoms with Gasteiger partial charge in [0, 0.05) is 12.3 Å². The molecule has 0 bridgehead atoms. The number of aliphatic hydroxyl groups excluding tert-OH is 1. The lowest BCUT2D eigenvalue weighted by atomic mass is 9.84. The topological polar surface area (TPSA) is 20.2 Å². The number of benzene rings is 2. The Hall–Kier alpha value is -2.04. The van der Waals surface area contributed by atoms with Crippen LogP contribution >= 0.6 is 0 Å². The minimum absolute atomic E-state index is 0.00424. The van der Waals surface area contributed by atoms with Gasteiger partial charge in [-0.1, -0.05) is 60.2 Å². The molecule has 2 aromatic carbocycles. The van der Waals surface area contributed by atoms with E-state index in [1.54, 1.807) is 0 Å². The second kappa shape index (κ2) is 7.67. The molecule has 0 saturated carbocycles. The summed E-state index contributed by atoms with van der Waals surface area (Å²) in [5.41, 5.74) is 3.53. The predicted octanol–water partition coefficient (Wildman–Crippen LogP) is 4.29. The molecule has 0 aliphatic carbocycles. The highest BCUT2D eigenvalue weighted by Crippen LogP contribution is 2.30. The van der Waals surface area contributed by atoms with Crippen molar-refractivity contribution < 1.29 is 5.11 Å². The molecule has 1 nitrogen and oxygen atoms in total. The summed E-state index contributed by atoms with van der Waals surface area (Å²) in [4.78, 5) is 0. The van der Waals surface area contributed by atoms with E-state index in [0.29, 0.717) is 6.42 Å². The maximum absolute atomic E-state index is 10.6. The third-order valence-corrected chi connectivity index (χ3v) is 3.80. The van der Waals surface area contributed by atoms with Crippen LogP contribution in [0.1, 0.15) is 41.9 Å². The highest BCUT2D eigenvalue weighted by molar-refractivity contribution is 5.35. The number of hydrogen-bond donors (Lipinski definition) is 1. The van der Waals surface area contributed by atoms with Crippen molar-refractivity contribution in [2.45, 2.75) is 38.2 Å². The molecule has 0 aromatic heterocycles. The summed E-state index contributed by atoms with van der Waals surface area (Å²) >= 11 is 0. The van der Waals surface area contributed by atoms with Gasteiger partial charge in [-0.2, -0.15) is 0 Å². The van der Waals surface area contributed by atoms with Gasteiger partial charge in [-0.3, -0.25) is 0 Å². The predicted molar refractivity (Wildman–Crippen MR) is 88.2 cm³/mol. The molecule has 2 atom stereocenters. The van der Waals surface area contributed by atoms with Gasteiger partial charge in [0.1, 0.15) is 0 Å². The van der Waals surface area contributed by atoms with Gasteiger partial charge in [0.2, 0.25) is 0 Å². The van der Waals surface area contributed by atoms with Gasteiger partial charge in [0.25, 0.3) is 0 Å². The molecule has 1 heteroatoms. The van der Waals surface area contributed by atoms with Crippen molar-refractivity contribution in [1.29, 1.82) is 0 Å². The maximum Gasteiger partial charge on any atom is 0.0649 e. The largest absolute Gasteiger partial charge is 0.392 e. The Morgan fingerprint density at radius 1 is 1.00 bits per heavy atom. The Morgan fingerprint density at radius 2 is 1.62 bits per heavy atom. The molecular weight excluding hydrogens is 256 g/mol. The van der Waals surface area contributed by atoms with E-state index in [1.807, 2.05) is 18.2 Å². The van der Waals surface area contributed by atoms with E-state index >= 15 is 0 Å². The fraction of sp³-hybridized carbons (Fsp3) is 0.300. The number of hydrogen-bond acceptors (Lipinski definition) is 1. The zero-order valence-corrected chi connectivity index (χ0v) is 12.5. The quantitative estimate of drug-likeness (QED) is 0.617. The number of aliphatic hydroxyl groups is 1. The van der Waals surface area contributed by atoms with E-state index in [0.717, 1.165) is 24.0 Å². The number of unbranched alkanes of at least 4 members (excludes halogenated alkanes) is 1. The lowest BCUT2D eigenvalue weighted by molar-refractivity contribution is 0.144. The molecular formula is C20H22O. The van der Waals surface area contributed by atoms with Crippen LogP contribution < -0.4 is 0 Å². The van der Waals surface area contributed by atoms with E-state index in [9.17, 15) is 5.11 Å². The first-order chi connectivity index (χ1) is 10.2. The summed E-state index contributed by atoms with van der Waals surface area (Å²) in [6.45, 7) is 2.07. The Labute approximate surface area is 127 Å². The molecule has 1 N–H and O–H groups in total. The molecule has 2 aromatic rings. The zero-order valence-electron chi connectivity index (χ0n) is 12.5. The van der Waals surface area contributed by atoms with Gasteiger partial charge >= 0.3 is 0 Å². The lowest BCUT2D eigenvalue weighted by Crippen LogP contribution is -2.19. The van der Waals surface area contributed by atoms with Crippen LogP contribution in [0.15, 0.2) is 54.6 Å². The van der Waals surface area contributed by atoms with E-state index in [1.165, 1.54) is 5.56 Å². The molecule has 0 saturated heterocycles. The molecule has 0 aliphatic heterocycles. The lowest BCUT2D eigenvalue weighted by Gasteiger charge is -2.24. The summed E-state index contributed by atoms with van der Waals surface area (Å²) in [5, 5.41) is 10.6. The molecule has 21 heavy (non-hydrogen) atoms. The molecule has 0 aliphatic rings. The van der Waals surface area contributed by atoms with E-state index < -0.39 is 6.10 Å². The molecule has 0 amide bonds. The highest BCUT2D eigenvalue weighted by atomic mass is 16.3. The third-order valence-electron chi connectivity index (χ3n) is 3.80. The van der Waals surface area contributed by atoms with Gasteiger partial charge in [-0.05, 0) is 30.9 Å². The smallest absolute Gasteiger partial charge is 0.0649 e. The van der Waals surface area contributed by atoms with Gasteiger partial charge in [-0.15, -0.1) is 12.3 Å². The fourth-order valence-corrected chi connectivity index (χ4v) is 2.65. The van der Waals surface area contributed by atoms with Crippen molar-refractivity contribution in [3.8, 4) is 12.3 Å². The van der Waals surface area contributed by atoms with E-state index in [-0.39, 0.29) is 5.92 Å². The molecule has 2 rings (SSSR count). The molecule has 108 valence electrons. The number of rotatable bonds is 6. The standard InChI is InChI=1S/C20H22O/c1-3-4-6-11-19(21)20(17-9-7-5-8-10-17)18-14-12-16(2)13-15-18/h1,5,7-10,12-15,19-21H,4,6,11H2,2H3. The monoisotopic (exact) mass is 278 g/mol. The van der Waals surface area contributed by atoms with E-state index in [4.69, 9.17) is 6.42 Å². The fourth-order valence-electron chi connectivity index (χ4n) is 2.65. The summed E-state index contributed by atoms with van der Waals surface area (Å²) in [6.07, 6.45) is 7.17. The molecule has 0 heterocycles. The Bertz CT molecular complexity index is 577. The van der Waals surface area contributed by atoms with Crippen LogP contribution in [0.2, 0.25) is 0 Å². The Morgan fingerprint density at radius 3 is 2.24 bits per heavy atom. The Balaban J connectivity index is 2.26. The summed E-state index contributed by atoms with van der Waals surface area (Å²) in [5.74, 6) is 2.64. The van der Waals surface area contributed by atoms with Crippen molar-refractivity contribution >= 4 is 0 Å². The first kappa shape index (κ1) is 15.4. The van der Waals surface area contributed by atoms with Crippen molar-refractivity contribution in [3.05, 3.63) is 71.3 Å². The minimum Gasteiger partial charge on any atom is -0.392 e. The van der Waals surface area contributed by atoms with Crippen LogP contribution in [0, 0.1) is 19.3 Å². The molecule has 0 spiro atoms. The minimum atomic E-state index is -0.413. The van der Waals surface area contributed by atoms with Crippen LogP contribution in [0.4, 0.5) is 0 Å². The average Bonchev–Trinajstić information content (AvgIpc) is 2.51. The van der Waals surface area contributed by atoms with Crippen LogP contribution in [0.3, 0.4) is 0 Å². The summed E-state index contributed by atoms with van der Waals surface area (Å²) < 4.78 is 0. The number of aryl methyl sites for hydroxylation is 1. The van der Waals surface area contributed by atoms with Crippen LogP contribution in [-0.2, 0) is 0 Å². The first-order valence-electron chi connectivity index (χ1n) is 7.45. The van der Waals surface area contributed by atoms with Crippen LogP contribution in [0.5, 0.6) is 0 Å². The summed E-state index contributed by atoms with van der Waals surface area (Å²) in [7, 11) is 0. The first-order valence-corrected chi connectivity index (χ1v) is 7.45. The van der Waals surface area contributed by atoms with Gasteiger partial charge in [0.05, 0.1) is 6.10 Å². The third kappa shape index (κ3) is 4.21. The average molecular weight is 278 g/mol. The second-order valence-electron chi connectivity index (χ2n) is 5.46. The zero-order chi connectivity index (χ0) is 15.1. The highest BCUT2D eigenvalue weighted by Gasteiger charge is 2.22. The molecule has 2 unspecified atom stereocenters.